The normalized spacial score (nSPS) is 10.7. The third kappa shape index (κ3) is 4.39. The van der Waals surface area contributed by atoms with Gasteiger partial charge in [0.25, 0.3) is 0 Å². The van der Waals surface area contributed by atoms with Gasteiger partial charge in [-0.2, -0.15) is 10.1 Å². The third-order valence-electron chi connectivity index (χ3n) is 4.57. The van der Waals surface area contributed by atoms with Crippen LogP contribution in [-0.4, -0.2) is 29.0 Å². The van der Waals surface area contributed by atoms with Crippen LogP contribution < -0.4 is 15.2 Å². The maximum atomic E-state index is 12.6. The van der Waals surface area contributed by atoms with Crippen molar-refractivity contribution in [1.82, 2.24) is 14.8 Å². The predicted octanol–water partition coefficient (Wildman–Crippen LogP) is 4.18. The second-order valence-corrected chi connectivity index (χ2v) is 6.48. The van der Waals surface area contributed by atoms with Crippen LogP contribution in [0.15, 0.2) is 53.3 Å². The van der Waals surface area contributed by atoms with Gasteiger partial charge in [-0.3, -0.25) is 0 Å². The summed E-state index contributed by atoms with van der Waals surface area (Å²) in [6, 6.07) is 15.1. The van der Waals surface area contributed by atoms with Gasteiger partial charge in [0.1, 0.15) is 22.9 Å². The van der Waals surface area contributed by atoms with Crippen LogP contribution in [0.3, 0.4) is 0 Å². The Balaban J connectivity index is 2.10. The maximum Gasteiger partial charge on any atom is 0.364 e. The van der Waals surface area contributed by atoms with Gasteiger partial charge in [-0.1, -0.05) is 19.8 Å². The molecule has 146 valence electrons. The van der Waals surface area contributed by atoms with Gasteiger partial charge in [0.2, 0.25) is 0 Å². The highest BCUT2D eigenvalue weighted by Gasteiger charge is 2.15. The SMILES string of the molecule is CCCCCn1nc(-c2ccc(OC)cc2)c(-c2ccc(OC)cc2)nc1=O. The van der Waals surface area contributed by atoms with Gasteiger partial charge in [-0.05, 0) is 55.0 Å². The number of hydrogen-bond donors (Lipinski definition) is 0. The zero-order chi connectivity index (χ0) is 19.9. The van der Waals surface area contributed by atoms with Crippen molar-refractivity contribution >= 4 is 0 Å². The van der Waals surface area contributed by atoms with E-state index in [4.69, 9.17) is 9.47 Å². The molecule has 28 heavy (non-hydrogen) atoms. The summed E-state index contributed by atoms with van der Waals surface area (Å²) >= 11 is 0. The predicted molar refractivity (Wildman–Crippen MR) is 110 cm³/mol. The molecule has 0 saturated carbocycles. The molecule has 0 fully saturated rings. The highest BCUT2D eigenvalue weighted by atomic mass is 16.5. The first-order valence-corrected chi connectivity index (χ1v) is 9.44. The summed E-state index contributed by atoms with van der Waals surface area (Å²) in [6.45, 7) is 2.69. The molecule has 3 rings (SSSR count). The number of ether oxygens (including phenoxy) is 2. The smallest absolute Gasteiger partial charge is 0.364 e. The van der Waals surface area contributed by atoms with E-state index in [1.807, 2.05) is 48.5 Å². The quantitative estimate of drug-likeness (QED) is 0.549. The number of rotatable bonds is 8. The highest BCUT2D eigenvalue weighted by Crippen LogP contribution is 2.29. The first-order valence-electron chi connectivity index (χ1n) is 9.44. The molecule has 0 radical (unpaired) electrons. The molecule has 0 atom stereocenters. The highest BCUT2D eigenvalue weighted by molar-refractivity contribution is 5.77. The van der Waals surface area contributed by atoms with Crippen molar-refractivity contribution in [1.29, 1.82) is 0 Å². The maximum absolute atomic E-state index is 12.6. The Bertz CT molecular complexity index is 964. The van der Waals surface area contributed by atoms with Gasteiger partial charge in [0.05, 0.1) is 14.2 Å². The van der Waals surface area contributed by atoms with Crippen molar-refractivity contribution in [2.75, 3.05) is 14.2 Å². The lowest BCUT2D eigenvalue weighted by molar-refractivity contribution is 0.414. The first kappa shape index (κ1) is 19.6. The Morgan fingerprint density at radius 1 is 0.821 bits per heavy atom. The lowest BCUT2D eigenvalue weighted by Crippen LogP contribution is -2.27. The van der Waals surface area contributed by atoms with Crippen LogP contribution in [0.2, 0.25) is 0 Å². The van der Waals surface area contributed by atoms with Gasteiger partial charge < -0.3 is 9.47 Å². The standard InChI is InChI=1S/C22H25N3O3/c1-4-5-6-15-25-22(26)23-20(16-7-11-18(27-2)12-8-16)21(24-25)17-9-13-19(28-3)14-10-17/h7-14H,4-6,15H2,1-3H3. The molecule has 0 aliphatic rings. The van der Waals surface area contributed by atoms with Crippen molar-refractivity contribution in [3.8, 4) is 34.0 Å². The fraction of sp³-hybridized carbons (Fsp3) is 0.318. The van der Waals surface area contributed by atoms with Crippen LogP contribution in [0.1, 0.15) is 26.2 Å². The number of nitrogens with zero attached hydrogens (tertiary/aromatic N) is 3. The van der Waals surface area contributed by atoms with E-state index < -0.39 is 0 Å². The summed E-state index contributed by atoms with van der Waals surface area (Å²) in [7, 11) is 3.25. The third-order valence-corrected chi connectivity index (χ3v) is 4.57. The van der Waals surface area contributed by atoms with Gasteiger partial charge in [0.15, 0.2) is 0 Å². The molecular formula is C22H25N3O3. The monoisotopic (exact) mass is 379 g/mol. The summed E-state index contributed by atoms with van der Waals surface area (Å²) in [5, 5.41) is 4.66. The van der Waals surface area contributed by atoms with E-state index in [0.29, 0.717) is 17.9 Å². The van der Waals surface area contributed by atoms with Crippen LogP contribution >= 0.6 is 0 Å². The summed E-state index contributed by atoms with van der Waals surface area (Å²) in [5.74, 6) is 1.51. The van der Waals surface area contributed by atoms with E-state index in [-0.39, 0.29) is 5.69 Å². The summed E-state index contributed by atoms with van der Waals surface area (Å²) < 4.78 is 11.9. The Kier molecular flexibility index (Phi) is 6.42. The van der Waals surface area contributed by atoms with E-state index in [2.05, 4.69) is 17.0 Å². The van der Waals surface area contributed by atoms with Crippen LogP contribution in [0.4, 0.5) is 0 Å². The molecule has 3 aromatic rings. The van der Waals surface area contributed by atoms with E-state index in [0.717, 1.165) is 41.9 Å². The van der Waals surface area contributed by atoms with Crippen LogP contribution in [-0.2, 0) is 6.54 Å². The molecule has 6 nitrogen and oxygen atoms in total. The minimum absolute atomic E-state index is 0.334. The number of aryl methyl sites for hydroxylation is 1. The summed E-state index contributed by atoms with van der Waals surface area (Å²) in [4.78, 5) is 16.9. The molecule has 2 aromatic carbocycles. The molecule has 1 heterocycles. The second kappa shape index (κ2) is 9.17. The van der Waals surface area contributed by atoms with E-state index in [1.165, 1.54) is 4.68 Å². The van der Waals surface area contributed by atoms with E-state index in [9.17, 15) is 4.79 Å². The minimum atomic E-state index is -0.334. The Morgan fingerprint density at radius 3 is 1.86 bits per heavy atom. The molecule has 0 aliphatic heterocycles. The van der Waals surface area contributed by atoms with Gasteiger partial charge in [0, 0.05) is 17.7 Å². The average molecular weight is 379 g/mol. The topological polar surface area (TPSA) is 66.2 Å². The average Bonchev–Trinajstić information content (AvgIpc) is 2.75. The van der Waals surface area contributed by atoms with Crippen molar-refractivity contribution in [2.45, 2.75) is 32.7 Å². The number of methoxy groups -OCH3 is 2. The van der Waals surface area contributed by atoms with E-state index in [1.54, 1.807) is 14.2 Å². The van der Waals surface area contributed by atoms with Gasteiger partial charge in [-0.15, -0.1) is 0 Å². The Labute approximate surface area is 164 Å². The molecule has 0 N–H and O–H groups in total. The summed E-state index contributed by atoms with van der Waals surface area (Å²) in [6.07, 6.45) is 3.03. The molecule has 0 unspecified atom stereocenters. The van der Waals surface area contributed by atoms with Crippen LogP contribution in [0, 0.1) is 0 Å². The zero-order valence-corrected chi connectivity index (χ0v) is 16.5. The number of aromatic nitrogens is 3. The zero-order valence-electron chi connectivity index (χ0n) is 16.5. The second-order valence-electron chi connectivity index (χ2n) is 6.48. The molecule has 1 aromatic heterocycles. The molecular weight excluding hydrogens is 354 g/mol. The molecule has 6 heteroatoms. The Hall–Kier alpha value is -3.15. The van der Waals surface area contributed by atoms with Crippen molar-refractivity contribution < 1.29 is 9.47 Å². The fourth-order valence-corrected chi connectivity index (χ4v) is 2.97. The van der Waals surface area contributed by atoms with Crippen LogP contribution in [0.5, 0.6) is 11.5 Å². The molecule has 0 amide bonds. The molecule has 0 aliphatic carbocycles. The lowest BCUT2D eigenvalue weighted by Gasteiger charge is -2.12. The van der Waals surface area contributed by atoms with Gasteiger partial charge >= 0.3 is 5.69 Å². The van der Waals surface area contributed by atoms with Gasteiger partial charge in [-0.25, -0.2) is 9.48 Å². The lowest BCUT2D eigenvalue weighted by atomic mass is 10.0. The van der Waals surface area contributed by atoms with Crippen molar-refractivity contribution in [3.63, 3.8) is 0 Å². The molecule has 0 saturated heterocycles. The minimum Gasteiger partial charge on any atom is -0.497 e. The molecule has 0 bridgehead atoms. The number of benzene rings is 2. The largest absolute Gasteiger partial charge is 0.497 e. The number of unbranched alkanes of at least 4 members (excludes halogenated alkanes) is 2. The molecule has 0 spiro atoms. The first-order chi connectivity index (χ1) is 13.7. The number of hydrogen-bond acceptors (Lipinski definition) is 5. The van der Waals surface area contributed by atoms with Crippen LogP contribution in [0.25, 0.3) is 22.5 Å². The van der Waals surface area contributed by atoms with Crippen molar-refractivity contribution in [2.24, 2.45) is 0 Å². The summed E-state index contributed by atoms with van der Waals surface area (Å²) in [5.41, 5.74) is 2.59. The van der Waals surface area contributed by atoms with Crippen molar-refractivity contribution in [3.05, 3.63) is 59.0 Å². The van der Waals surface area contributed by atoms with E-state index >= 15 is 0 Å². The fourth-order valence-electron chi connectivity index (χ4n) is 2.97. The Morgan fingerprint density at radius 2 is 1.36 bits per heavy atom.